The Kier molecular flexibility index (Phi) is 6.41. The number of hydrogen-bond acceptors (Lipinski definition) is 6. The lowest BCUT2D eigenvalue weighted by Gasteiger charge is -2.10. The van der Waals surface area contributed by atoms with Gasteiger partial charge in [0.2, 0.25) is 0 Å². The number of pyridine rings is 1. The van der Waals surface area contributed by atoms with E-state index < -0.39 is 12.2 Å². The summed E-state index contributed by atoms with van der Waals surface area (Å²) in [6.07, 6.45) is 2.68. The van der Waals surface area contributed by atoms with E-state index in [0.29, 0.717) is 11.3 Å². The molecule has 9 heteroatoms. The molecule has 33 heavy (non-hydrogen) atoms. The molecule has 3 N–H and O–H groups in total. The third-order valence-corrected chi connectivity index (χ3v) is 5.55. The van der Waals surface area contributed by atoms with Crippen LogP contribution in [0.15, 0.2) is 67.0 Å². The summed E-state index contributed by atoms with van der Waals surface area (Å²) in [5.74, 6) is -0.940. The van der Waals surface area contributed by atoms with Crippen LogP contribution < -0.4 is 10.6 Å². The topological polar surface area (TPSA) is 105 Å². The van der Waals surface area contributed by atoms with Crippen molar-refractivity contribution < 1.29 is 19.4 Å². The molecule has 0 bridgehead atoms. The van der Waals surface area contributed by atoms with E-state index in [1.165, 1.54) is 19.2 Å². The molecule has 0 aliphatic heterocycles. The minimum atomic E-state index is -0.745. The van der Waals surface area contributed by atoms with E-state index in [1.807, 2.05) is 24.3 Å². The van der Waals surface area contributed by atoms with E-state index in [0.717, 1.165) is 22.2 Å². The summed E-state index contributed by atoms with van der Waals surface area (Å²) in [4.78, 5) is 24.8. The number of rotatable bonds is 6. The number of nitrogens with zero attached hydrogens (tertiary/aromatic N) is 2. The number of aromatic nitrogens is 2. The maximum atomic E-state index is 12.9. The number of ether oxygens (including phenoxy) is 1. The molecule has 1 atom stereocenters. The first-order chi connectivity index (χ1) is 15.9. The lowest BCUT2D eigenvalue weighted by Crippen LogP contribution is -2.14. The number of methoxy groups -OCH3 is 1. The molecule has 2 heterocycles. The monoisotopic (exact) mass is 464 g/mol. The number of carbonyl (C=O) groups excluding carboxylic acids is 2. The summed E-state index contributed by atoms with van der Waals surface area (Å²) < 4.78 is 6.40. The van der Waals surface area contributed by atoms with Crippen molar-refractivity contribution in [1.82, 2.24) is 14.9 Å². The van der Waals surface area contributed by atoms with Crippen LogP contribution in [0.4, 0.5) is 5.69 Å². The van der Waals surface area contributed by atoms with Gasteiger partial charge in [-0.05, 0) is 48.5 Å². The third kappa shape index (κ3) is 4.58. The van der Waals surface area contributed by atoms with Crippen LogP contribution in [0.5, 0.6) is 0 Å². The number of halogens is 1. The second kappa shape index (κ2) is 9.41. The highest BCUT2D eigenvalue weighted by atomic mass is 35.5. The number of aliphatic hydroxyl groups excluding tert-OH is 1. The van der Waals surface area contributed by atoms with Gasteiger partial charge in [0.1, 0.15) is 6.23 Å². The zero-order valence-electron chi connectivity index (χ0n) is 17.9. The molecule has 2 aromatic heterocycles. The summed E-state index contributed by atoms with van der Waals surface area (Å²) in [5.41, 5.74) is 4.23. The molecule has 0 spiro atoms. The number of amides is 1. The summed E-state index contributed by atoms with van der Waals surface area (Å²) in [5, 5.41) is 20.1. The predicted octanol–water partition coefficient (Wildman–Crippen LogP) is 3.90. The minimum Gasteiger partial charge on any atom is -0.465 e. The average Bonchev–Trinajstić information content (AvgIpc) is 3.27. The standard InChI is InChI=1S/C24H21ClN4O4/c1-26-22(30)15-5-3-14(4-6-15)19-13-27-29-10-9-16(11-21(19)29)23(31)28-17-7-8-20(25)18(12-17)24(32)33-2/h3-13,22,26,30H,1-2H3,(H,28,31). The Morgan fingerprint density at radius 1 is 1.12 bits per heavy atom. The average molecular weight is 465 g/mol. The normalized spacial score (nSPS) is 11.9. The quantitative estimate of drug-likeness (QED) is 0.295. The zero-order chi connectivity index (χ0) is 23.5. The Bertz CT molecular complexity index is 1330. The third-order valence-electron chi connectivity index (χ3n) is 5.22. The molecule has 1 amide bonds. The van der Waals surface area contributed by atoms with Crippen molar-refractivity contribution >= 4 is 34.7 Å². The summed E-state index contributed by atoms with van der Waals surface area (Å²) in [6.45, 7) is 0. The van der Waals surface area contributed by atoms with Gasteiger partial charge in [0.15, 0.2) is 0 Å². The highest BCUT2D eigenvalue weighted by Crippen LogP contribution is 2.27. The molecule has 0 saturated heterocycles. The van der Waals surface area contributed by atoms with Crippen LogP contribution in [-0.2, 0) is 4.74 Å². The number of hydrogen-bond donors (Lipinski definition) is 3. The molecule has 2 aromatic carbocycles. The largest absolute Gasteiger partial charge is 0.465 e. The molecule has 4 rings (SSSR count). The first-order valence-corrected chi connectivity index (χ1v) is 10.4. The molecule has 0 fully saturated rings. The van der Waals surface area contributed by atoms with E-state index in [-0.39, 0.29) is 16.5 Å². The van der Waals surface area contributed by atoms with Crippen LogP contribution in [0.2, 0.25) is 5.02 Å². The number of anilines is 1. The number of nitrogens with one attached hydrogen (secondary N) is 2. The number of fused-ring (bicyclic) bond motifs is 1. The van der Waals surface area contributed by atoms with Crippen LogP contribution in [0.25, 0.3) is 16.6 Å². The maximum absolute atomic E-state index is 12.9. The van der Waals surface area contributed by atoms with E-state index in [9.17, 15) is 14.7 Å². The van der Waals surface area contributed by atoms with E-state index in [1.54, 1.807) is 42.2 Å². The number of benzene rings is 2. The van der Waals surface area contributed by atoms with Gasteiger partial charge in [-0.3, -0.25) is 10.1 Å². The molecule has 0 radical (unpaired) electrons. The molecule has 1 unspecified atom stereocenters. The van der Waals surface area contributed by atoms with Gasteiger partial charge >= 0.3 is 5.97 Å². The van der Waals surface area contributed by atoms with Crippen molar-refractivity contribution in [2.75, 3.05) is 19.5 Å². The summed E-state index contributed by atoms with van der Waals surface area (Å²) in [7, 11) is 2.94. The molecular formula is C24H21ClN4O4. The lowest BCUT2D eigenvalue weighted by atomic mass is 10.0. The molecule has 0 aliphatic rings. The molecule has 4 aromatic rings. The molecular weight excluding hydrogens is 444 g/mol. The second-order valence-electron chi connectivity index (χ2n) is 7.26. The van der Waals surface area contributed by atoms with Crippen molar-refractivity contribution in [3.8, 4) is 11.1 Å². The van der Waals surface area contributed by atoms with Crippen LogP contribution in [-0.4, -0.2) is 40.8 Å². The Morgan fingerprint density at radius 2 is 1.88 bits per heavy atom. The van der Waals surface area contributed by atoms with Gasteiger partial charge in [0, 0.05) is 23.0 Å². The predicted molar refractivity (Wildman–Crippen MR) is 125 cm³/mol. The zero-order valence-corrected chi connectivity index (χ0v) is 18.6. The van der Waals surface area contributed by atoms with Crippen molar-refractivity contribution in [2.45, 2.75) is 6.23 Å². The molecule has 8 nitrogen and oxygen atoms in total. The van der Waals surface area contributed by atoms with Gasteiger partial charge < -0.3 is 15.2 Å². The Labute approximate surface area is 194 Å². The highest BCUT2D eigenvalue weighted by Gasteiger charge is 2.15. The first-order valence-electron chi connectivity index (χ1n) is 10.0. The Hall–Kier alpha value is -3.72. The Morgan fingerprint density at radius 3 is 2.58 bits per heavy atom. The highest BCUT2D eigenvalue weighted by molar-refractivity contribution is 6.33. The summed E-state index contributed by atoms with van der Waals surface area (Å²) in [6, 6.07) is 15.4. The summed E-state index contributed by atoms with van der Waals surface area (Å²) >= 11 is 6.05. The second-order valence-corrected chi connectivity index (χ2v) is 7.66. The van der Waals surface area contributed by atoms with Gasteiger partial charge in [-0.1, -0.05) is 35.9 Å². The van der Waals surface area contributed by atoms with E-state index in [2.05, 4.69) is 15.7 Å². The number of carbonyl (C=O) groups is 2. The fraction of sp³-hybridized carbons (Fsp3) is 0.125. The maximum Gasteiger partial charge on any atom is 0.339 e. The fourth-order valence-electron chi connectivity index (χ4n) is 3.43. The van der Waals surface area contributed by atoms with Crippen LogP contribution in [0.3, 0.4) is 0 Å². The van der Waals surface area contributed by atoms with Gasteiger partial charge in [-0.15, -0.1) is 0 Å². The first kappa shape index (κ1) is 22.5. The number of aliphatic hydroxyl groups is 1. The Balaban J connectivity index is 1.62. The minimum absolute atomic E-state index is 0.164. The van der Waals surface area contributed by atoms with Crippen LogP contribution in [0, 0.1) is 0 Å². The fourth-order valence-corrected chi connectivity index (χ4v) is 3.62. The smallest absolute Gasteiger partial charge is 0.339 e. The van der Waals surface area contributed by atoms with Gasteiger partial charge in [0.05, 0.1) is 29.4 Å². The van der Waals surface area contributed by atoms with Gasteiger partial charge in [-0.2, -0.15) is 5.10 Å². The van der Waals surface area contributed by atoms with Crippen LogP contribution >= 0.6 is 11.6 Å². The van der Waals surface area contributed by atoms with Crippen molar-refractivity contribution in [2.24, 2.45) is 0 Å². The molecule has 0 aliphatic carbocycles. The van der Waals surface area contributed by atoms with E-state index in [4.69, 9.17) is 16.3 Å². The van der Waals surface area contributed by atoms with Crippen molar-refractivity contribution in [3.05, 3.63) is 88.7 Å². The molecule has 168 valence electrons. The van der Waals surface area contributed by atoms with E-state index >= 15 is 0 Å². The van der Waals surface area contributed by atoms with Crippen LogP contribution in [0.1, 0.15) is 32.5 Å². The van der Waals surface area contributed by atoms with Crippen molar-refractivity contribution in [3.63, 3.8) is 0 Å². The van der Waals surface area contributed by atoms with Gasteiger partial charge in [0.25, 0.3) is 5.91 Å². The lowest BCUT2D eigenvalue weighted by molar-refractivity contribution is 0.0600. The SMILES string of the molecule is CNC(O)c1ccc(-c2cnn3ccc(C(=O)Nc4ccc(Cl)c(C(=O)OC)c4)cc23)cc1. The van der Waals surface area contributed by atoms with Gasteiger partial charge in [-0.25, -0.2) is 9.31 Å². The molecule has 0 saturated carbocycles. The number of esters is 1. The van der Waals surface area contributed by atoms with Crippen molar-refractivity contribution in [1.29, 1.82) is 0 Å².